The average Bonchev–Trinajstić information content (AvgIpc) is 2.36. The van der Waals surface area contributed by atoms with Crippen molar-refractivity contribution in [2.45, 2.75) is 6.61 Å². The Balaban J connectivity index is 2.08. The zero-order valence-electron chi connectivity index (χ0n) is 9.84. The Hall–Kier alpha value is -2.56. The van der Waals surface area contributed by atoms with Gasteiger partial charge in [0.15, 0.2) is 0 Å². The van der Waals surface area contributed by atoms with Crippen LogP contribution in [0.3, 0.4) is 0 Å². The lowest BCUT2D eigenvalue weighted by Crippen LogP contribution is -2.01. The number of aromatic carboxylic acids is 1. The quantitative estimate of drug-likeness (QED) is 0.889. The van der Waals surface area contributed by atoms with Crippen molar-refractivity contribution in [1.29, 1.82) is 0 Å². The zero-order chi connectivity index (χ0) is 13.8. The van der Waals surface area contributed by atoms with Crippen LogP contribution >= 0.6 is 0 Å². The van der Waals surface area contributed by atoms with Gasteiger partial charge < -0.3 is 14.9 Å². The Morgan fingerprint density at radius 1 is 1.21 bits per heavy atom. The molecule has 0 aliphatic heterocycles. The minimum atomic E-state index is -1.32. The lowest BCUT2D eigenvalue weighted by Gasteiger charge is -2.07. The molecule has 2 rings (SSSR count). The van der Waals surface area contributed by atoms with Crippen molar-refractivity contribution >= 4 is 5.97 Å². The number of phenolic OH excluding ortho intramolecular Hbond substituents is 1. The van der Waals surface area contributed by atoms with Gasteiger partial charge in [-0.15, -0.1) is 0 Å². The molecule has 0 aliphatic rings. The minimum Gasteiger partial charge on any atom is -0.508 e. The fourth-order valence-corrected chi connectivity index (χ4v) is 1.57. The van der Waals surface area contributed by atoms with Crippen molar-refractivity contribution in [1.82, 2.24) is 0 Å². The van der Waals surface area contributed by atoms with Crippen molar-refractivity contribution in [3.8, 4) is 11.5 Å². The molecule has 0 saturated carbocycles. The largest absolute Gasteiger partial charge is 0.508 e. The number of hydrogen-bond donors (Lipinski definition) is 2. The summed E-state index contributed by atoms with van der Waals surface area (Å²) in [4.78, 5) is 10.6. The summed E-state index contributed by atoms with van der Waals surface area (Å²) in [6, 6.07) is 10.0. The van der Waals surface area contributed by atoms with Crippen LogP contribution in [0.1, 0.15) is 15.9 Å². The first kappa shape index (κ1) is 12.9. The number of rotatable bonds is 4. The Morgan fingerprint density at radius 2 is 2.00 bits per heavy atom. The first-order valence-corrected chi connectivity index (χ1v) is 5.50. The number of carboxylic acid groups (broad SMARTS) is 1. The number of phenols is 1. The van der Waals surface area contributed by atoms with E-state index in [1.165, 1.54) is 18.2 Å². The molecule has 0 unspecified atom stereocenters. The fourth-order valence-electron chi connectivity index (χ4n) is 1.57. The third-order valence-electron chi connectivity index (χ3n) is 2.49. The second kappa shape index (κ2) is 5.39. The van der Waals surface area contributed by atoms with Gasteiger partial charge in [-0.3, -0.25) is 0 Å². The molecule has 0 bridgehead atoms. The molecular formula is C14H11FO4. The van der Waals surface area contributed by atoms with Gasteiger partial charge >= 0.3 is 5.97 Å². The van der Waals surface area contributed by atoms with E-state index in [0.29, 0.717) is 0 Å². The molecule has 0 radical (unpaired) electrons. The van der Waals surface area contributed by atoms with Crippen molar-refractivity contribution in [3.05, 3.63) is 59.4 Å². The van der Waals surface area contributed by atoms with E-state index in [4.69, 9.17) is 9.84 Å². The van der Waals surface area contributed by atoms with Crippen LogP contribution < -0.4 is 4.74 Å². The molecule has 0 aromatic heterocycles. The Morgan fingerprint density at radius 3 is 2.63 bits per heavy atom. The summed E-state index contributed by atoms with van der Waals surface area (Å²) < 4.78 is 18.7. The van der Waals surface area contributed by atoms with Crippen LogP contribution in [0.5, 0.6) is 11.5 Å². The summed E-state index contributed by atoms with van der Waals surface area (Å²) in [6.45, 7) is 0.153. The second-order valence-corrected chi connectivity index (χ2v) is 3.91. The first-order chi connectivity index (χ1) is 9.06. The second-order valence-electron chi connectivity index (χ2n) is 3.91. The predicted octanol–water partition coefficient (Wildman–Crippen LogP) is 2.81. The number of hydrogen-bond acceptors (Lipinski definition) is 3. The SMILES string of the molecule is O=C(O)c1ccc(OCc2cccc(O)c2)cc1F. The van der Waals surface area contributed by atoms with Gasteiger partial charge in [0.25, 0.3) is 0 Å². The molecule has 0 fully saturated rings. The highest BCUT2D eigenvalue weighted by atomic mass is 19.1. The van der Waals surface area contributed by atoms with Crippen molar-refractivity contribution in [2.75, 3.05) is 0 Å². The fraction of sp³-hybridized carbons (Fsp3) is 0.0714. The topological polar surface area (TPSA) is 66.8 Å². The molecule has 19 heavy (non-hydrogen) atoms. The predicted molar refractivity (Wildman–Crippen MR) is 65.8 cm³/mol. The zero-order valence-corrected chi connectivity index (χ0v) is 9.84. The molecule has 2 aromatic carbocycles. The minimum absolute atomic E-state index is 0.119. The molecule has 0 saturated heterocycles. The molecule has 0 amide bonds. The summed E-state index contributed by atoms with van der Waals surface area (Å²) >= 11 is 0. The van der Waals surface area contributed by atoms with E-state index in [1.54, 1.807) is 12.1 Å². The average molecular weight is 262 g/mol. The molecule has 5 heteroatoms. The van der Waals surface area contributed by atoms with Gasteiger partial charge in [0.05, 0.1) is 5.56 Å². The van der Waals surface area contributed by atoms with E-state index in [1.807, 2.05) is 0 Å². The number of carboxylic acids is 1. The number of halogens is 1. The van der Waals surface area contributed by atoms with Gasteiger partial charge in [0.1, 0.15) is 23.9 Å². The van der Waals surface area contributed by atoms with Crippen molar-refractivity contribution in [3.63, 3.8) is 0 Å². The van der Waals surface area contributed by atoms with Crippen LogP contribution in [0, 0.1) is 5.82 Å². The molecule has 2 aromatic rings. The Kier molecular flexibility index (Phi) is 3.66. The van der Waals surface area contributed by atoms with Gasteiger partial charge in [-0.25, -0.2) is 9.18 Å². The smallest absolute Gasteiger partial charge is 0.338 e. The number of ether oxygens (including phenoxy) is 1. The van der Waals surface area contributed by atoms with Gasteiger partial charge in [-0.2, -0.15) is 0 Å². The van der Waals surface area contributed by atoms with Crippen LogP contribution in [-0.4, -0.2) is 16.2 Å². The van der Waals surface area contributed by atoms with Crippen molar-refractivity contribution in [2.24, 2.45) is 0 Å². The monoisotopic (exact) mass is 262 g/mol. The first-order valence-electron chi connectivity index (χ1n) is 5.50. The molecule has 2 N–H and O–H groups in total. The van der Waals surface area contributed by atoms with E-state index in [-0.39, 0.29) is 18.1 Å². The maximum Gasteiger partial charge on any atom is 0.338 e. The summed E-state index contributed by atoms with van der Waals surface area (Å²) in [5.74, 6) is -1.82. The third-order valence-corrected chi connectivity index (χ3v) is 2.49. The molecular weight excluding hydrogens is 251 g/mol. The van der Waals surface area contributed by atoms with E-state index in [0.717, 1.165) is 17.7 Å². The van der Waals surface area contributed by atoms with Crippen LogP contribution in [0.15, 0.2) is 42.5 Å². The maximum absolute atomic E-state index is 13.4. The van der Waals surface area contributed by atoms with E-state index in [2.05, 4.69) is 0 Å². The lowest BCUT2D eigenvalue weighted by atomic mass is 10.2. The van der Waals surface area contributed by atoms with Gasteiger partial charge in [-0.1, -0.05) is 12.1 Å². The van der Waals surface area contributed by atoms with Crippen LogP contribution in [0.2, 0.25) is 0 Å². The summed E-state index contributed by atoms with van der Waals surface area (Å²) in [5, 5.41) is 18.0. The molecule has 98 valence electrons. The van der Waals surface area contributed by atoms with E-state index < -0.39 is 17.3 Å². The summed E-state index contributed by atoms with van der Waals surface area (Å²) in [7, 11) is 0. The Bertz CT molecular complexity index is 610. The van der Waals surface area contributed by atoms with Gasteiger partial charge in [0, 0.05) is 6.07 Å². The van der Waals surface area contributed by atoms with Gasteiger partial charge in [0.2, 0.25) is 0 Å². The molecule has 0 spiro atoms. The maximum atomic E-state index is 13.4. The van der Waals surface area contributed by atoms with E-state index in [9.17, 15) is 14.3 Å². The molecule has 0 heterocycles. The van der Waals surface area contributed by atoms with Crippen molar-refractivity contribution < 1.29 is 24.1 Å². The molecule has 0 atom stereocenters. The summed E-state index contributed by atoms with van der Waals surface area (Å²) in [6.07, 6.45) is 0. The Labute approximate surface area is 108 Å². The molecule has 0 aliphatic carbocycles. The third kappa shape index (κ3) is 3.22. The summed E-state index contributed by atoms with van der Waals surface area (Å²) in [5.41, 5.74) is 0.326. The van der Waals surface area contributed by atoms with E-state index >= 15 is 0 Å². The highest BCUT2D eigenvalue weighted by Crippen LogP contribution is 2.19. The number of aromatic hydroxyl groups is 1. The highest BCUT2D eigenvalue weighted by molar-refractivity contribution is 5.88. The van der Waals surface area contributed by atoms with Gasteiger partial charge in [-0.05, 0) is 29.8 Å². The lowest BCUT2D eigenvalue weighted by molar-refractivity contribution is 0.0692. The van der Waals surface area contributed by atoms with Crippen LogP contribution in [0.25, 0.3) is 0 Å². The molecule has 4 nitrogen and oxygen atoms in total. The standard InChI is InChI=1S/C14H11FO4/c15-13-7-11(4-5-12(13)14(17)18)19-8-9-2-1-3-10(16)6-9/h1-7,16H,8H2,(H,17,18). The highest BCUT2D eigenvalue weighted by Gasteiger charge is 2.10. The normalized spacial score (nSPS) is 10.2. The number of benzene rings is 2. The van der Waals surface area contributed by atoms with Crippen LogP contribution in [0.4, 0.5) is 4.39 Å². The number of carbonyl (C=O) groups is 1. The van der Waals surface area contributed by atoms with Crippen LogP contribution in [-0.2, 0) is 6.61 Å².